The molecule has 220 valence electrons. The first-order valence-corrected chi connectivity index (χ1v) is 12.6. The maximum atomic E-state index is 14.6. The van der Waals surface area contributed by atoms with E-state index in [9.17, 15) is 36.3 Å². The lowest BCUT2D eigenvalue weighted by Crippen LogP contribution is -2.27. The fourth-order valence-corrected chi connectivity index (χ4v) is 3.83. The SMILES string of the molecule is O=C(Cc1ccccc1)Nc1ccn(CCC(F)Cn2cc(C(=O)NCc3ccc(C(F)(F)F)nc3)nn2)c(=O)c1F. The van der Waals surface area contributed by atoms with E-state index in [1.807, 2.05) is 0 Å². The molecule has 2 N–H and O–H groups in total. The highest BCUT2D eigenvalue weighted by molar-refractivity contribution is 5.92. The molecule has 1 aromatic carbocycles. The zero-order valence-corrected chi connectivity index (χ0v) is 21.8. The van der Waals surface area contributed by atoms with Gasteiger partial charge in [0.2, 0.25) is 11.7 Å². The summed E-state index contributed by atoms with van der Waals surface area (Å²) in [6.07, 6.45) is -2.89. The zero-order chi connectivity index (χ0) is 30.3. The van der Waals surface area contributed by atoms with Gasteiger partial charge in [0.25, 0.3) is 11.5 Å². The molecule has 0 aliphatic heterocycles. The Labute approximate surface area is 235 Å². The number of nitrogens with one attached hydrogen (secondary N) is 2. The van der Waals surface area contributed by atoms with Gasteiger partial charge in [-0.15, -0.1) is 5.10 Å². The van der Waals surface area contributed by atoms with Gasteiger partial charge in [-0.25, -0.2) is 9.07 Å². The molecule has 1 unspecified atom stereocenters. The van der Waals surface area contributed by atoms with Crippen LogP contribution in [0.5, 0.6) is 0 Å². The van der Waals surface area contributed by atoms with E-state index in [1.54, 1.807) is 30.3 Å². The van der Waals surface area contributed by atoms with Gasteiger partial charge >= 0.3 is 6.18 Å². The summed E-state index contributed by atoms with van der Waals surface area (Å²) in [5.41, 5.74) is -1.48. The summed E-state index contributed by atoms with van der Waals surface area (Å²) >= 11 is 0. The minimum Gasteiger partial charge on any atom is -0.346 e. The van der Waals surface area contributed by atoms with Gasteiger partial charge in [-0.3, -0.25) is 19.4 Å². The van der Waals surface area contributed by atoms with E-state index in [-0.39, 0.29) is 43.9 Å². The van der Waals surface area contributed by atoms with Crippen molar-refractivity contribution in [3.63, 3.8) is 0 Å². The highest BCUT2D eigenvalue weighted by Crippen LogP contribution is 2.27. The Morgan fingerprint density at radius 3 is 2.48 bits per heavy atom. The van der Waals surface area contributed by atoms with E-state index < -0.39 is 41.2 Å². The number of rotatable bonds is 11. The Hall–Kier alpha value is -4.95. The van der Waals surface area contributed by atoms with Crippen molar-refractivity contribution < 1.29 is 31.5 Å². The average Bonchev–Trinajstić information content (AvgIpc) is 3.42. The van der Waals surface area contributed by atoms with E-state index in [1.165, 1.54) is 24.5 Å². The summed E-state index contributed by atoms with van der Waals surface area (Å²) in [4.78, 5) is 40.2. The van der Waals surface area contributed by atoms with Crippen LogP contribution < -0.4 is 16.2 Å². The van der Waals surface area contributed by atoms with E-state index in [2.05, 4.69) is 25.9 Å². The summed E-state index contributed by atoms with van der Waals surface area (Å²) in [7, 11) is 0. The fraction of sp³-hybridized carbons (Fsp3) is 0.259. The molecular formula is C27H24F5N7O3. The van der Waals surface area contributed by atoms with Crippen molar-refractivity contribution in [1.29, 1.82) is 0 Å². The Morgan fingerprint density at radius 2 is 1.79 bits per heavy atom. The maximum Gasteiger partial charge on any atom is 0.433 e. The van der Waals surface area contributed by atoms with Crippen LogP contribution in [0.4, 0.5) is 27.6 Å². The van der Waals surface area contributed by atoms with Crippen LogP contribution in [0, 0.1) is 5.82 Å². The molecule has 0 aliphatic carbocycles. The molecule has 0 aliphatic rings. The number of nitrogens with zero attached hydrogens (tertiary/aromatic N) is 5. The topological polar surface area (TPSA) is 124 Å². The van der Waals surface area contributed by atoms with Crippen molar-refractivity contribution >= 4 is 17.5 Å². The third kappa shape index (κ3) is 8.05. The summed E-state index contributed by atoms with van der Waals surface area (Å²) < 4.78 is 69.1. The molecule has 0 bridgehead atoms. The third-order valence-electron chi connectivity index (χ3n) is 6.00. The van der Waals surface area contributed by atoms with Gasteiger partial charge in [-0.05, 0) is 29.7 Å². The van der Waals surface area contributed by atoms with E-state index in [0.29, 0.717) is 11.1 Å². The number of hydrogen-bond donors (Lipinski definition) is 2. The predicted molar refractivity (Wildman–Crippen MR) is 139 cm³/mol. The van der Waals surface area contributed by atoms with Crippen LogP contribution in [0.2, 0.25) is 0 Å². The number of amides is 2. The lowest BCUT2D eigenvalue weighted by molar-refractivity contribution is -0.141. The number of pyridine rings is 2. The molecule has 2 amide bonds. The first-order chi connectivity index (χ1) is 20.0. The van der Waals surface area contributed by atoms with Crippen molar-refractivity contribution in [1.82, 2.24) is 29.9 Å². The Balaban J connectivity index is 1.25. The van der Waals surface area contributed by atoms with Crippen LogP contribution in [0.25, 0.3) is 0 Å². The van der Waals surface area contributed by atoms with E-state index in [0.717, 1.165) is 21.5 Å². The lowest BCUT2D eigenvalue weighted by atomic mass is 10.1. The number of halogens is 5. The number of hydrogen-bond acceptors (Lipinski definition) is 6. The number of carbonyl (C=O) groups excluding carboxylic acids is 2. The molecule has 10 nitrogen and oxygen atoms in total. The number of aryl methyl sites for hydroxylation is 1. The number of carbonyl (C=O) groups is 2. The van der Waals surface area contributed by atoms with Crippen molar-refractivity contribution in [2.75, 3.05) is 5.32 Å². The molecule has 15 heteroatoms. The summed E-state index contributed by atoms with van der Waals surface area (Å²) in [6.45, 7) is -0.601. The quantitative estimate of drug-likeness (QED) is 0.258. The third-order valence-corrected chi connectivity index (χ3v) is 6.00. The first-order valence-electron chi connectivity index (χ1n) is 12.6. The van der Waals surface area contributed by atoms with Gasteiger partial charge in [0, 0.05) is 25.5 Å². The Kier molecular flexibility index (Phi) is 9.39. The molecule has 4 aromatic rings. The summed E-state index contributed by atoms with van der Waals surface area (Å²) in [6, 6.07) is 12.0. The molecule has 3 aromatic heterocycles. The lowest BCUT2D eigenvalue weighted by Gasteiger charge is -2.12. The molecule has 0 spiro atoms. The van der Waals surface area contributed by atoms with Gasteiger partial charge in [0.1, 0.15) is 11.9 Å². The van der Waals surface area contributed by atoms with Gasteiger partial charge in [0.15, 0.2) is 5.69 Å². The van der Waals surface area contributed by atoms with Crippen LogP contribution in [-0.2, 0) is 37.0 Å². The van der Waals surface area contributed by atoms with Crippen molar-refractivity contribution in [3.05, 3.63) is 106 Å². The minimum absolute atomic E-state index is 0.00477. The standard InChI is InChI=1S/C27H24F5N7O3/c28-19(8-10-38-11-9-20(24(29)26(38)42)35-23(40)12-17-4-2-1-3-5-17)15-39-16-21(36-37-39)25(41)34-14-18-6-7-22(33-13-18)27(30,31)32/h1-7,9,11,13,16,19H,8,10,12,14-15H2,(H,34,41)(H,35,40). The second-order valence-electron chi connectivity index (χ2n) is 9.20. The molecule has 0 fully saturated rings. The molecule has 1 atom stereocenters. The largest absolute Gasteiger partial charge is 0.433 e. The maximum absolute atomic E-state index is 14.6. The van der Waals surface area contributed by atoms with Gasteiger partial charge in [-0.2, -0.15) is 17.6 Å². The van der Waals surface area contributed by atoms with Crippen LogP contribution in [0.1, 0.15) is 33.7 Å². The first kappa shape index (κ1) is 30.0. The second kappa shape index (κ2) is 13.1. The zero-order valence-electron chi connectivity index (χ0n) is 21.8. The molecule has 0 saturated heterocycles. The Bertz CT molecular complexity index is 1590. The van der Waals surface area contributed by atoms with Crippen LogP contribution >= 0.6 is 0 Å². The van der Waals surface area contributed by atoms with Crippen LogP contribution in [-0.4, -0.2) is 42.5 Å². The molecule has 0 saturated carbocycles. The highest BCUT2D eigenvalue weighted by Gasteiger charge is 2.32. The summed E-state index contributed by atoms with van der Waals surface area (Å²) in [5, 5.41) is 12.2. The average molecular weight is 590 g/mol. The highest BCUT2D eigenvalue weighted by atomic mass is 19.4. The van der Waals surface area contributed by atoms with Gasteiger partial charge in [0.05, 0.1) is 24.8 Å². The number of benzene rings is 1. The normalized spacial score (nSPS) is 12.1. The molecular weight excluding hydrogens is 565 g/mol. The van der Waals surface area contributed by atoms with E-state index >= 15 is 0 Å². The molecule has 4 rings (SSSR count). The van der Waals surface area contributed by atoms with Crippen molar-refractivity contribution in [3.8, 4) is 0 Å². The Morgan fingerprint density at radius 1 is 1.02 bits per heavy atom. The number of alkyl halides is 4. The van der Waals surface area contributed by atoms with Crippen LogP contribution in [0.3, 0.4) is 0 Å². The van der Waals surface area contributed by atoms with Gasteiger partial charge < -0.3 is 15.2 Å². The van der Waals surface area contributed by atoms with Gasteiger partial charge in [-0.1, -0.05) is 41.6 Å². The molecule has 42 heavy (non-hydrogen) atoms. The predicted octanol–water partition coefficient (Wildman–Crippen LogP) is 3.53. The molecule has 3 heterocycles. The monoisotopic (exact) mass is 589 g/mol. The smallest absolute Gasteiger partial charge is 0.346 e. The number of anilines is 1. The minimum atomic E-state index is -4.58. The van der Waals surface area contributed by atoms with E-state index in [4.69, 9.17) is 0 Å². The van der Waals surface area contributed by atoms with Crippen molar-refractivity contribution in [2.24, 2.45) is 0 Å². The molecule has 0 radical (unpaired) electrons. The van der Waals surface area contributed by atoms with Crippen molar-refractivity contribution in [2.45, 2.75) is 44.8 Å². The summed E-state index contributed by atoms with van der Waals surface area (Å²) in [5.74, 6) is -2.36. The fourth-order valence-electron chi connectivity index (χ4n) is 3.83. The van der Waals surface area contributed by atoms with Crippen LogP contribution in [0.15, 0.2) is 71.9 Å². The second-order valence-corrected chi connectivity index (χ2v) is 9.20. The number of aromatic nitrogens is 5.